The van der Waals surface area contributed by atoms with Gasteiger partial charge in [0, 0.05) is 13.1 Å². The van der Waals surface area contributed by atoms with Crippen molar-refractivity contribution < 1.29 is 12.4 Å². The van der Waals surface area contributed by atoms with Crippen LogP contribution in [0.3, 0.4) is 0 Å². The smallest absolute Gasteiger partial charge is 0.206 e. The van der Waals surface area contributed by atoms with E-state index >= 15 is 0 Å². The molecule has 0 saturated carbocycles. The molecular formula is C18H19ClN3-. The van der Waals surface area contributed by atoms with Crippen LogP contribution in [0.2, 0.25) is 0 Å². The Morgan fingerprint density at radius 1 is 1.00 bits per heavy atom. The van der Waals surface area contributed by atoms with Gasteiger partial charge in [0.2, 0.25) is 5.96 Å². The number of aliphatic imine (C=N–C) groups is 1. The fourth-order valence-electron chi connectivity index (χ4n) is 3.11. The second-order valence-corrected chi connectivity index (χ2v) is 5.75. The minimum atomic E-state index is 0. The second-order valence-electron chi connectivity index (χ2n) is 5.75. The summed E-state index contributed by atoms with van der Waals surface area (Å²) in [6.45, 7) is 5.01. The van der Waals surface area contributed by atoms with Crippen molar-refractivity contribution in [2.75, 3.05) is 22.9 Å². The van der Waals surface area contributed by atoms with Gasteiger partial charge in [-0.15, -0.1) is 0 Å². The summed E-state index contributed by atoms with van der Waals surface area (Å²) < 4.78 is 0. The minimum Gasteiger partial charge on any atom is -1.00 e. The molecule has 2 heterocycles. The molecule has 114 valence electrons. The van der Waals surface area contributed by atoms with Crippen molar-refractivity contribution in [3.8, 4) is 0 Å². The van der Waals surface area contributed by atoms with Gasteiger partial charge in [-0.25, -0.2) is 0 Å². The van der Waals surface area contributed by atoms with E-state index in [-0.39, 0.29) is 12.4 Å². The van der Waals surface area contributed by atoms with E-state index in [1.807, 2.05) is 0 Å². The maximum atomic E-state index is 4.77. The van der Waals surface area contributed by atoms with Crippen LogP contribution in [0.5, 0.6) is 0 Å². The molecule has 0 spiro atoms. The zero-order valence-corrected chi connectivity index (χ0v) is 13.4. The van der Waals surface area contributed by atoms with Crippen molar-refractivity contribution in [1.29, 1.82) is 0 Å². The standard InChI is InChI=1S/C18H19N3.ClH/c1-14-7-9-15(10-8-14)13-21-17-6-3-2-5-16(17)20-12-4-11-19-18(20)21;/h2-3,5-10H,4,11-13H2,1H3;1H/p-1. The Kier molecular flexibility index (Phi) is 4.08. The van der Waals surface area contributed by atoms with Gasteiger partial charge in [-0.05, 0) is 31.0 Å². The van der Waals surface area contributed by atoms with Crippen LogP contribution in [-0.4, -0.2) is 19.0 Å². The van der Waals surface area contributed by atoms with E-state index in [0.29, 0.717) is 0 Å². The number of hydrogen-bond donors (Lipinski definition) is 0. The van der Waals surface area contributed by atoms with Gasteiger partial charge in [-0.2, -0.15) is 0 Å². The fourth-order valence-corrected chi connectivity index (χ4v) is 3.11. The molecule has 2 aromatic rings. The average Bonchev–Trinajstić information content (AvgIpc) is 2.85. The van der Waals surface area contributed by atoms with Crippen LogP contribution in [0.1, 0.15) is 17.5 Å². The SMILES string of the molecule is Cc1ccc(CN2C3=NCCCN3c3ccccc32)cc1.[Cl-]. The summed E-state index contributed by atoms with van der Waals surface area (Å²) in [6, 6.07) is 17.4. The molecule has 0 atom stereocenters. The van der Waals surface area contributed by atoms with Crippen molar-refractivity contribution in [1.82, 2.24) is 0 Å². The normalized spacial score (nSPS) is 15.8. The first-order chi connectivity index (χ1) is 10.3. The predicted octanol–water partition coefficient (Wildman–Crippen LogP) is 0.585. The van der Waals surface area contributed by atoms with Gasteiger partial charge >= 0.3 is 0 Å². The third-order valence-electron chi connectivity index (χ3n) is 4.20. The minimum absolute atomic E-state index is 0. The number of rotatable bonds is 2. The summed E-state index contributed by atoms with van der Waals surface area (Å²) >= 11 is 0. The third-order valence-corrected chi connectivity index (χ3v) is 4.20. The number of hydrogen-bond acceptors (Lipinski definition) is 3. The Hall–Kier alpha value is -2.00. The van der Waals surface area contributed by atoms with Crippen LogP contribution < -0.4 is 22.2 Å². The molecule has 0 unspecified atom stereocenters. The maximum absolute atomic E-state index is 4.77. The number of para-hydroxylation sites is 2. The largest absolute Gasteiger partial charge is 1.00 e. The number of benzene rings is 2. The van der Waals surface area contributed by atoms with Gasteiger partial charge in [-0.3, -0.25) is 4.99 Å². The Balaban J connectivity index is 0.00000144. The van der Waals surface area contributed by atoms with Crippen LogP contribution in [0, 0.1) is 6.92 Å². The van der Waals surface area contributed by atoms with E-state index in [2.05, 4.69) is 65.3 Å². The molecule has 4 heteroatoms. The molecule has 0 N–H and O–H groups in total. The Morgan fingerprint density at radius 2 is 1.73 bits per heavy atom. The van der Waals surface area contributed by atoms with Crippen LogP contribution in [0.25, 0.3) is 0 Å². The molecule has 2 aromatic carbocycles. The van der Waals surface area contributed by atoms with E-state index < -0.39 is 0 Å². The summed E-state index contributed by atoms with van der Waals surface area (Å²) in [6.07, 6.45) is 1.14. The van der Waals surface area contributed by atoms with Crippen LogP contribution in [0.4, 0.5) is 11.4 Å². The third kappa shape index (κ3) is 2.46. The zero-order chi connectivity index (χ0) is 14.2. The molecule has 0 bridgehead atoms. The molecule has 0 aromatic heterocycles. The van der Waals surface area contributed by atoms with Crippen LogP contribution in [0.15, 0.2) is 53.5 Å². The van der Waals surface area contributed by atoms with Gasteiger partial charge in [0.05, 0.1) is 17.9 Å². The molecular weight excluding hydrogens is 294 g/mol. The van der Waals surface area contributed by atoms with Gasteiger partial charge in [0.25, 0.3) is 0 Å². The molecule has 3 nitrogen and oxygen atoms in total. The number of halogens is 1. The van der Waals surface area contributed by atoms with E-state index in [0.717, 1.165) is 32.0 Å². The molecule has 0 amide bonds. The molecule has 0 radical (unpaired) electrons. The van der Waals surface area contributed by atoms with E-state index in [1.165, 1.54) is 22.5 Å². The molecule has 0 fully saturated rings. The van der Waals surface area contributed by atoms with Gasteiger partial charge in [-0.1, -0.05) is 42.0 Å². The molecule has 2 aliphatic rings. The van der Waals surface area contributed by atoms with E-state index in [1.54, 1.807) is 0 Å². The van der Waals surface area contributed by atoms with Crippen molar-refractivity contribution in [3.05, 3.63) is 59.7 Å². The first-order valence-electron chi connectivity index (χ1n) is 7.57. The topological polar surface area (TPSA) is 18.8 Å². The van der Waals surface area contributed by atoms with E-state index in [9.17, 15) is 0 Å². The predicted molar refractivity (Wildman–Crippen MR) is 88.1 cm³/mol. The number of nitrogens with zero attached hydrogens (tertiary/aromatic N) is 3. The molecule has 0 aliphatic carbocycles. The lowest BCUT2D eigenvalue weighted by Gasteiger charge is -2.27. The van der Waals surface area contributed by atoms with Crippen molar-refractivity contribution in [3.63, 3.8) is 0 Å². The highest BCUT2D eigenvalue weighted by Gasteiger charge is 2.33. The second kappa shape index (κ2) is 6.01. The number of anilines is 2. The Bertz CT molecular complexity index is 694. The summed E-state index contributed by atoms with van der Waals surface area (Å²) in [5.41, 5.74) is 5.20. The summed E-state index contributed by atoms with van der Waals surface area (Å²) in [4.78, 5) is 9.47. The molecule has 0 saturated heterocycles. The van der Waals surface area contributed by atoms with Crippen molar-refractivity contribution in [2.45, 2.75) is 19.9 Å². The lowest BCUT2D eigenvalue weighted by atomic mass is 10.1. The van der Waals surface area contributed by atoms with Crippen LogP contribution in [-0.2, 0) is 6.54 Å². The molecule has 2 aliphatic heterocycles. The van der Waals surface area contributed by atoms with Crippen molar-refractivity contribution in [2.24, 2.45) is 4.99 Å². The average molecular weight is 313 g/mol. The number of aryl methyl sites for hydroxylation is 1. The van der Waals surface area contributed by atoms with E-state index in [4.69, 9.17) is 4.99 Å². The first kappa shape index (κ1) is 14.9. The van der Waals surface area contributed by atoms with Gasteiger partial charge < -0.3 is 22.2 Å². The summed E-state index contributed by atoms with van der Waals surface area (Å²) in [5, 5.41) is 0. The highest BCUT2D eigenvalue weighted by molar-refractivity contribution is 6.16. The number of guanidine groups is 1. The summed E-state index contributed by atoms with van der Waals surface area (Å²) in [7, 11) is 0. The first-order valence-corrected chi connectivity index (χ1v) is 7.57. The summed E-state index contributed by atoms with van der Waals surface area (Å²) in [5.74, 6) is 1.11. The lowest BCUT2D eigenvalue weighted by Crippen LogP contribution is -3.00. The van der Waals surface area contributed by atoms with Gasteiger partial charge in [0.15, 0.2) is 0 Å². The number of fused-ring (bicyclic) bond motifs is 3. The van der Waals surface area contributed by atoms with Gasteiger partial charge in [0.1, 0.15) is 0 Å². The molecule has 22 heavy (non-hydrogen) atoms. The Morgan fingerprint density at radius 3 is 2.50 bits per heavy atom. The molecule has 4 rings (SSSR count). The Labute approximate surface area is 137 Å². The maximum Gasteiger partial charge on any atom is 0.206 e. The quantitative estimate of drug-likeness (QED) is 0.808. The highest BCUT2D eigenvalue weighted by Crippen LogP contribution is 2.38. The fraction of sp³-hybridized carbons (Fsp3) is 0.278. The lowest BCUT2D eigenvalue weighted by molar-refractivity contribution is -0.00000420. The highest BCUT2D eigenvalue weighted by atomic mass is 35.5. The zero-order valence-electron chi connectivity index (χ0n) is 12.7. The van der Waals surface area contributed by atoms with Crippen LogP contribution >= 0.6 is 0 Å². The monoisotopic (exact) mass is 312 g/mol. The van der Waals surface area contributed by atoms with Crippen molar-refractivity contribution >= 4 is 17.3 Å².